The molecule has 0 unspecified atom stereocenters. The predicted octanol–water partition coefficient (Wildman–Crippen LogP) is 3.81. The summed E-state index contributed by atoms with van der Waals surface area (Å²) in [5.41, 5.74) is 0.649. The fraction of sp³-hybridized carbons (Fsp3) is 0.500. The molecule has 0 spiro atoms. The summed E-state index contributed by atoms with van der Waals surface area (Å²) >= 11 is 5.48. The number of benzene rings is 1. The summed E-state index contributed by atoms with van der Waals surface area (Å²) < 4.78 is 5.56. The second-order valence-corrected chi connectivity index (χ2v) is 5.18. The molecule has 0 aliphatic rings. The van der Waals surface area contributed by atoms with E-state index in [9.17, 15) is 4.79 Å². The molecule has 0 saturated heterocycles. The van der Waals surface area contributed by atoms with Crippen LogP contribution < -0.4 is 4.74 Å². The highest BCUT2D eigenvalue weighted by Gasteiger charge is 2.26. The Morgan fingerprint density at radius 3 is 2.35 bits per heavy atom. The monoisotopic (exact) mass is 254 g/mol. The lowest BCUT2D eigenvalue weighted by molar-refractivity contribution is -0.120. The van der Waals surface area contributed by atoms with Gasteiger partial charge >= 0.3 is 0 Å². The minimum atomic E-state index is -0.649. The van der Waals surface area contributed by atoms with Gasteiger partial charge in [0.15, 0.2) is 0 Å². The van der Waals surface area contributed by atoms with Crippen molar-refractivity contribution in [3.8, 4) is 5.75 Å². The van der Waals surface area contributed by atoms with Gasteiger partial charge in [-0.3, -0.25) is 4.79 Å². The Morgan fingerprint density at radius 1 is 1.29 bits per heavy atom. The Hall–Kier alpha value is -1.02. The third-order valence-electron chi connectivity index (χ3n) is 2.59. The predicted molar refractivity (Wildman–Crippen MR) is 70.6 cm³/mol. The van der Waals surface area contributed by atoms with Gasteiger partial charge in [0.05, 0.1) is 5.41 Å². The molecular formula is C14H19ClO2. The molecule has 1 aromatic carbocycles. The van der Waals surface area contributed by atoms with Crippen LogP contribution in [-0.2, 0) is 11.2 Å². The van der Waals surface area contributed by atoms with Gasteiger partial charge in [-0.15, -0.1) is 0 Å². The van der Waals surface area contributed by atoms with Crippen molar-refractivity contribution in [1.29, 1.82) is 0 Å². The highest BCUT2D eigenvalue weighted by Crippen LogP contribution is 2.21. The van der Waals surface area contributed by atoms with Gasteiger partial charge in [-0.1, -0.05) is 25.5 Å². The summed E-state index contributed by atoms with van der Waals surface area (Å²) in [4.78, 5) is 11.1. The van der Waals surface area contributed by atoms with E-state index in [2.05, 4.69) is 6.92 Å². The van der Waals surface area contributed by atoms with Crippen molar-refractivity contribution in [3.63, 3.8) is 0 Å². The van der Waals surface area contributed by atoms with Crippen molar-refractivity contribution in [2.45, 2.75) is 33.6 Å². The Kier molecular flexibility index (Phi) is 5.01. The summed E-state index contributed by atoms with van der Waals surface area (Å²) in [5.74, 6) is 0.774. The minimum absolute atomic E-state index is 0.294. The molecular weight excluding hydrogens is 236 g/mol. The van der Waals surface area contributed by atoms with E-state index in [1.807, 2.05) is 24.3 Å². The third kappa shape index (κ3) is 4.39. The van der Waals surface area contributed by atoms with E-state index in [1.54, 1.807) is 13.8 Å². The van der Waals surface area contributed by atoms with Gasteiger partial charge in [0, 0.05) is 0 Å². The van der Waals surface area contributed by atoms with Crippen LogP contribution >= 0.6 is 11.6 Å². The molecule has 0 bridgehead atoms. The van der Waals surface area contributed by atoms with Gasteiger partial charge in [0.1, 0.15) is 12.4 Å². The van der Waals surface area contributed by atoms with Crippen LogP contribution in [0.15, 0.2) is 24.3 Å². The van der Waals surface area contributed by atoms with Gasteiger partial charge in [-0.05, 0) is 49.6 Å². The quantitative estimate of drug-likeness (QED) is 0.722. The number of carbonyl (C=O) groups excluding carboxylic acids is 1. The van der Waals surface area contributed by atoms with Gasteiger partial charge in [-0.2, -0.15) is 0 Å². The highest BCUT2D eigenvalue weighted by atomic mass is 35.5. The molecule has 94 valence electrons. The molecule has 0 amide bonds. The molecule has 17 heavy (non-hydrogen) atoms. The fourth-order valence-corrected chi connectivity index (χ4v) is 1.42. The molecule has 0 saturated carbocycles. The summed E-state index contributed by atoms with van der Waals surface area (Å²) in [6.45, 7) is 5.99. The number of aryl methyl sites for hydroxylation is 1. The van der Waals surface area contributed by atoms with Crippen molar-refractivity contribution >= 4 is 16.8 Å². The molecule has 0 aromatic heterocycles. The summed E-state index contributed by atoms with van der Waals surface area (Å²) in [6, 6.07) is 7.96. The molecule has 0 N–H and O–H groups in total. The van der Waals surface area contributed by atoms with E-state index >= 15 is 0 Å². The van der Waals surface area contributed by atoms with E-state index in [1.165, 1.54) is 5.56 Å². The first-order chi connectivity index (χ1) is 7.95. The number of hydrogen-bond donors (Lipinski definition) is 0. The maximum absolute atomic E-state index is 11.1. The molecule has 0 fully saturated rings. The van der Waals surface area contributed by atoms with Crippen molar-refractivity contribution in [1.82, 2.24) is 0 Å². The first-order valence-electron chi connectivity index (χ1n) is 5.87. The Morgan fingerprint density at radius 2 is 1.88 bits per heavy atom. The molecule has 0 aliphatic carbocycles. The van der Waals surface area contributed by atoms with E-state index in [4.69, 9.17) is 16.3 Å². The van der Waals surface area contributed by atoms with Crippen LogP contribution in [0.4, 0.5) is 0 Å². The molecule has 0 aliphatic heterocycles. The lowest BCUT2D eigenvalue weighted by atomic mass is 9.97. The number of hydrogen-bond acceptors (Lipinski definition) is 2. The van der Waals surface area contributed by atoms with Crippen molar-refractivity contribution < 1.29 is 9.53 Å². The van der Waals surface area contributed by atoms with Crippen LogP contribution in [0.5, 0.6) is 5.75 Å². The second kappa shape index (κ2) is 6.06. The number of rotatable bonds is 6. The topological polar surface area (TPSA) is 26.3 Å². The Labute approximate surface area is 108 Å². The summed E-state index contributed by atoms with van der Waals surface area (Å²) in [6.07, 6.45) is 2.21. The average molecular weight is 255 g/mol. The highest BCUT2D eigenvalue weighted by molar-refractivity contribution is 6.64. The molecule has 0 heterocycles. The van der Waals surface area contributed by atoms with Crippen LogP contribution in [0, 0.1) is 5.41 Å². The average Bonchev–Trinajstić information content (AvgIpc) is 2.28. The maximum atomic E-state index is 11.1. The maximum Gasteiger partial charge on any atom is 0.230 e. The molecule has 1 aromatic rings. The van der Waals surface area contributed by atoms with Gasteiger partial charge in [0.2, 0.25) is 5.24 Å². The van der Waals surface area contributed by atoms with Crippen LogP contribution in [0.1, 0.15) is 32.8 Å². The standard InChI is InChI=1S/C14H19ClO2/c1-4-5-11-6-8-12(9-7-11)17-10-14(2,3)13(15)16/h6-9H,4-5,10H2,1-3H3. The van der Waals surface area contributed by atoms with Crippen molar-refractivity contribution in [2.75, 3.05) is 6.61 Å². The molecule has 1 rings (SSSR count). The van der Waals surface area contributed by atoms with Crippen LogP contribution in [0.2, 0.25) is 0 Å². The number of halogens is 1. The van der Waals surface area contributed by atoms with Crippen molar-refractivity contribution in [2.24, 2.45) is 5.41 Å². The zero-order valence-corrected chi connectivity index (χ0v) is 11.4. The fourth-order valence-electron chi connectivity index (χ4n) is 1.36. The van der Waals surface area contributed by atoms with E-state index < -0.39 is 5.41 Å². The number of ether oxygens (including phenoxy) is 1. The lowest BCUT2D eigenvalue weighted by Crippen LogP contribution is -2.27. The number of carbonyl (C=O) groups is 1. The Bertz CT molecular complexity index is 368. The lowest BCUT2D eigenvalue weighted by Gasteiger charge is -2.19. The molecule has 3 heteroatoms. The minimum Gasteiger partial charge on any atom is -0.493 e. The van der Waals surface area contributed by atoms with Crippen LogP contribution in [0.25, 0.3) is 0 Å². The van der Waals surface area contributed by atoms with Gasteiger partial charge < -0.3 is 4.74 Å². The largest absolute Gasteiger partial charge is 0.493 e. The van der Waals surface area contributed by atoms with Gasteiger partial charge in [0.25, 0.3) is 0 Å². The van der Waals surface area contributed by atoms with Crippen LogP contribution in [0.3, 0.4) is 0 Å². The third-order valence-corrected chi connectivity index (χ3v) is 3.11. The first-order valence-corrected chi connectivity index (χ1v) is 6.25. The second-order valence-electron chi connectivity index (χ2n) is 4.84. The van der Waals surface area contributed by atoms with E-state index in [0.717, 1.165) is 18.6 Å². The normalized spacial score (nSPS) is 11.3. The zero-order chi connectivity index (χ0) is 12.9. The van der Waals surface area contributed by atoms with E-state index in [-0.39, 0.29) is 5.24 Å². The smallest absolute Gasteiger partial charge is 0.230 e. The first kappa shape index (κ1) is 14.0. The summed E-state index contributed by atoms with van der Waals surface area (Å²) in [7, 11) is 0. The van der Waals surface area contributed by atoms with E-state index in [0.29, 0.717) is 6.61 Å². The van der Waals surface area contributed by atoms with Crippen molar-refractivity contribution in [3.05, 3.63) is 29.8 Å². The zero-order valence-electron chi connectivity index (χ0n) is 10.6. The SMILES string of the molecule is CCCc1ccc(OCC(C)(C)C(=O)Cl)cc1. The molecule has 0 atom stereocenters. The van der Waals surface area contributed by atoms with Gasteiger partial charge in [-0.25, -0.2) is 0 Å². The summed E-state index contributed by atoms with van der Waals surface area (Å²) in [5, 5.41) is -0.375. The molecule has 0 radical (unpaired) electrons. The van der Waals surface area contributed by atoms with Crippen LogP contribution in [-0.4, -0.2) is 11.8 Å². The Balaban J connectivity index is 2.55. The molecule has 2 nitrogen and oxygen atoms in total.